The number of rotatable bonds is 2. The second kappa shape index (κ2) is 4.51. The summed E-state index contributed by atoms with van der Waals surface area (Å²) in [7, 11) is 0. The third kappa shape index (κ3) is 2.51. The molecule has 0 radical (unpaired) electrons. The van der Waals surface area contributed by atoms with Crippen LogP contribution in [-0.2, 0) is 0 Å². The summed E-state index contributed by atoms with van der Waals surface area (Å²) in [6.07, 6.45) is 0. The molecule has 0 bridgehead atoms. The van der Waals surface area contributed by atoms with Crippen molar-refractivity contribution in [1.82, 2.24) is 10.6 Å². The Morgan fingerprint density at radius 3 is 2.80 bits per heavy atom. The molecule has 1 saturated heterocycles. The van der Waals surface area contributed by atoms with Gasteiger partial charge in [-0.2, -0.15) is 0 Å². The van der Waals surface area contributed by atoms with E-state index in [-0.39, 0.29) is 11.9 Å². The van der Waals surface area contributed by atoms with Crippen molar-refractivity contribution in [2.24, 2.45) is 0 Å². The van der Waals surface area contributed by atoms with E-state index in [1.165, 1.54) is 0 Å². The van der Waals surface area contributed by atoms with E-state index < -0.39 is 0 Å². The van der Waals surface area contributed by atoms with E-state index in [4.69, 9.17) is 11.6 Å². The molecule has 1 aliphatic heterocycles. The topological polar surface area (TPSA) is 41.1 Å². The van der Waals surface area contributed by atoms with E-state index >= 15 is 0 Å². The summed E-state index contributed by atoms with van der Waals surface area (Å²) in [5.41, 5.74) is 0.593. The highest BCUT2D eigenvalue weighted by Crippen LogP contribution is 2.23. The number of hydrogen-bond donors (Lipinski definition) is 2. The third-order valence-corrected chi connectivity index (χ3v) is 3.53. The van der Waals surface area contributed by atoms with Crippen molar-refractivity contribution in [3.63, 3.8) is 0 Å². The van der Waals surface area contributed by atoms with Crippen LogP contribution in [0, 0.1) is 0 Å². The van der Waals surface area contributed by atoms with Crippen LogP contribution in [0.25, 0.3) is 0 Å². The van der Waals surface area contributed by atoms with Crippen LogP contribution in [0.3, 0.4) is 0 Å². The van der Waals surface area contributed by atoms with Gasteiger partial charge in [0.15, 0.2) is 0 Å². The minimum absolute atomic E-state index is 0.0732. The van der Waals surface area contributed by atoms with Gasteiger partial charge in [0.2, 0.25) is 0 Å². The van der Waals surface area contributed by atoms with Crippen LogP contribution < -0.4 is 10.6 Å². The summed E-state index contributed by atoms with van der Waals surface area (Å²) in [5, 5.41) is 6.54. The molecule has 1 aromatic rings. The zero-order valence-corrected chi connectivity index (χ0v) is 10.2. The van der Waals surface area contributed by atoms with Crippen molar-refractivity contribution in [3.8, 4) is 0 Å². The van der Waals surface area contributed by atoms with Crippen molar-refractivity contribution in [2.45, 2.75) is 6.04 Å². The molecule has 0 atom stereocenters. The van der Waals surface area contributed by atoms with Crippen LogP contribution in [0.15, 0.2) is 22.7 Å². The minimum Gasteiger partial charge on any atom is -0.347 e. The van der Waals surface area contributed by atoms with E-state index in [0.29, 0.717) is 10.6 Å². The second-order valence-electron chi connectivity index (χ2n) is 3.46. The van der Waals surface area contributed by atoms with Crippen molar-refractivity contribution in [2.75, 3.05) is 13.1 Å². The van der Waals surface area contributed by atoms with E-state index in [1.54, 1.807) is 18.2 Å². The Hall–Kier alpha value is -0.580. The summed E-state index contributed by atoms with van der Waals surface area (Å²) in [6, 6.07) is 5.43. The highest BCUT2D eigenvalue weighted by Gasteiger charge is 2.19. The summed E-state index contributed by atoms with van der Waals surface area (Å²) in [5.74, 6) is -0.0732. The lowest BCUT2D eigenvalue weighted by molar-refractivity contribution is 0.0924. The first-order chi connectivity index (χ1) is 7.16. The van der Waals surface area contributed by atoms with Gasteiger partial charge in [0, 0.05) is 23.1 Å². The van der Waals surface area contributed by atoms with Crippen molar-refractivity contribution in [1.29, 1.82) is 0 Å². The molecule has 5 heteroatoms. The van der Waals surface area contributed by atoms with Crippen LogP contribution in [0.4, 0.5) is 0 Å². The van der Waals surface area contributed by atoms with Gasteiger partial charge in [-0.15, -0.1) is 0 Å². The summed E-state index contributed by atoms with van der Waals surface area (Å²) >= 11 is 9.18. The maximum absolute atomic E-state index is 11.7. The van der Waals surface area contributed by atoms with Crippen molar-refractivity contribution in [3.05, 3.63) is 33.3 Å². The molecular formula is C10H10BrClN2O. The zero-order chi connectivity index (χ0) is 10.8. The molecule has 1 amide bonds. The highest BCUT2D eigenvalue weighted by molar-refractivity contribution is 9.10. The van der Waals surface area contributed by atoms with Crippen LogP contribution in [0.2, 0.25) is 5.02 Å². The van der Waals surface area contributed by atoms with Gasteiger partial charge in [-0.3, -0.25) is 4.79 Å². The molecular weight excluding hydrogens is 279 g/mol. The second-order valence-corrected chi connectivity index (χ2v) is 4.72. The molecule has 1 heterocycles. The Morgan fingerprint density at radius 1 is 1.53 bits per heavy atom. The fourth-order valence-corrected chi connectivity index (χ4v) is 1.72. The maximum Gasteiger partial charge on any atom is 0.251 e. The largest absolute Gasteiger partial charge is 0.347 e. The lowest BCUT2D eigenvalue weighted by Crippen LogP contribution is -2.56. The van der Waals surface area contributed by atoms with E-state index in [1.807, 2.05) is 0 Å². The lowest BCUT2D eigenvalue weighted by Gasteiger charge is -2.27. The molecule has 1 aromatic carbocycles. The van der Waals surface area contributed by atoms with Gasteiger partial charge in [0.1, 0.15) is 0 Å². The van der Waals surface area contributed by atoms with Crippen LogP contribution >= 0.6 is 27.5 Å². The van der Waals surface area contributed by atoms with Gasteiger partial charge in [0.25, 0.3) is 5.91 Å². The van der Waals surface area contributed by atoms with Gasteiger partial charge in [-0.05, 0) is 34.1 Å². The number of amides is 1. The SMILES string of the molecule is O=C(NC1CNC1)c1ccc(Br)c(Cl)c1. The Labute approximate surface area is 101 Å². The Balaban J connectivity index is 2.07. The zero-order valence-electron chi connectivity index (χ0n) is 7.89. The quantitative estimate of drug-likeness (QED) is 0.872. The first-order valence-corrected chi connectivity index (χ1v) is 5.80. The highest BCUT2D eigenvalue weighted by atomic mass is 79.9. The fraction of sp³-hybridized carbons (Fsp3) is 0.300. The monoisotopic (exact) mass is 288 g/mol. The first-order valence-electron chi connectivity index (χ1n) is 4.63. The van der Waals surface area contributed by atoms with Crippen LogP contribution in [-0.4, -0.2) is 25.0 Å². The number of benzene rings is 1. The number of hydrogen-bond acceptors (Lipinski definition) is 2. The summed E-state index contributed by atoms with van der Waals surface area (Å²) in [6.45, 7) is 1.69. The average molecular weight is 290 g/mol. The maximum atomic E-state index is 11.7. The fourth-order valence-electron chi connectivity index (χ4n) is 1.30. The molecule has 15 heavy (non-hydrogen) atoms. The molecule has 0 spiro atoms. The summed E-state index contributed by atoms with van der Waals surface area (Å²) in [4.78, 5) is 11.7. The molecule has 80 valence electrons. The molecule has 0 aromatic heterocycles. The number of nitrogens with one attached hydrogen (secondary N) is 2. The number of carbonyl (C=O) groups is 1. The predicted molar refractivity (Wildman–Crippen MR) is 63.3 cm³/mol. The Morgan fingerprint density at radius 2 is 2.27 bits per heavy atom. The lowest BCUT2D eigenvalue weighted by atomic mass is 10.1. The third-order valence-electron chi connectivity index (χ3n) is 2.30. The standard InChI is InChI=1S/C10H10BrClN2O/c11-8-2-1-6(3-9(8)12)10(15)14-7-4-13-5-7/h1-3,7,13H,4-5H2,(H,14,15). The van der Waals surface area contributed by atoms with Gasteiger partial charge in [0.05, 0.1) is 11.1 Å². The smallest absolute Gasteiger partial charge is 0.251 e. The minimum atomic E-state index is -0.0732. The molecule has 0 aliphatic carbocycles. The van der Waals surface area contributed by atoms with Gasteiger partial charge in [-0.25, -0.2) is 0 Å². The number of carbonyl (C=O) groups excluding carboxylic acids is 1. The van der Waals surface area contributed by atoms with Crippen molar-refractivity contribution >= 4 is 33.4 Å². The molecule has 2 N–H and O–H groups in total. The average Bonchev–Trinajstić information content (AvgIpc) is 2.15. The normalized spacial score (nSPS) is 15.9. The van der Waals surface area contributed by atoms with Gasteiger partial charge in [-0.1, -0.05) is 11.6 Å². The first kappa shape index (κ1) is 10.9. The van der Waals surface area contributed by atoms with E-state index in [2.05, 4.69) is 26.6 Å². The molecule has 3 nitrogen and oxygen atoms in total. The van der Waals surface area contributed by atoms with Gasteiger partial charge >= 0.3 is 0 Å². The van der Waals surface area contributed by atoms with Gasteiger partial charge < -0.3 is 10.6 Å². The van der Waals surface area contributed by atoms with Crippen LogP contribution in [0.1, 0.15) is 10.4 Å². The van der Waals surface area contributed by atoms with Crippen LogP contribution in [0.5, 0.6) is 0 Å². The predicted octanol–water partition coefficient (Wildman–Crippen LogP) is 1.80. The summed E-state index contributed by atoms with van der Waals surface area (Å²) < 4.78 is 0.797. The van der Waals surface area contributed by atoms with Crippen molar-refractivity contribution < 1.29 is 4.79 Å². The molecule has 0 unspecified atom stereocenters. The van der Waals surface area contributed by atoms with E-state index in [0.717, 1.165) is 17.6 Å². The Bertz CT molecular complexity index is 393. The van der Waals surface area contributed by atoms with E-state index in [9.17, 15) is 4.79 Å². The molecule has 1 fully saturated rings. The Kier molecular flexibility index (Phi) is 3.29. The molecule has 2 rings (SSSR count). The molecule has 0 saturated carbocycles. The number of halogens is 2. The molecule has 1 aliphatic rings.